The summed E-state index contributed by atoms with van der Waals surface area (Å²) in [7, 11) is 1.82. The number of aliphatic hydroxyl groups is 1. The van der Waals surface area contributed by atoms with Gasteiger partial charge in [0.15, 0.2) is 11.4 Å². The van der Waals surface area contributed by atoms with E-state index in [0.717, 1.165) is 6.42 Å². The van der Waals surface area contributed by atoms with Crippen molar-refractivity contribution in [2.45, 2.75) is 62.3 Å². The lowest BCUT2D eigenvalue weighted by Crippen LogP contribution is -2.51. The maximum Gasteiger partial charge on any atom is 0.222 e. The lowest BCUT2D eigenvalue weighted by atomic mass is 9.83. The van der Waals surface area contributed by atoms with Gasteiger partial charge in [-0.15, -0.1) is 12.3 Å². The number of rotatable bonds is 5. The third kappa shape index (κ3) is 3.56. The van der Waals surface area contributed by atoms with Crippen molar-refractivity contribution < 1.29 is 14.6 Å². The Kier molecular flexibility index (Phi) is 4.42. The van der Waals surface area contributed by atoms with E-state index in [9.17, 15) is 9.90 Å². The maximum atomic E-state index is 12.6. The monoisotopic (exact) mass is 371 g/mol. The lowest BCUT2D eigenvalue weighted by molar-refractivity contribution is -0.136. The van der Waals surface area contributed by atoms with Crippen molar-refractivity contribution in [3.05, 3.63) is 11.9 Å². The Morgan fingerprint density at radius 2 is 2.15 bits per heavy atom. The van der Waals surface area contributed by atoms with E-state index in [0.29, 0.717) is 63.1 Å². The second kappa shape index (κ2) is 6.64. The van der Waals surface area contributed by atoms with E-state index in [1.165, 1.54) is 0 Å². The zero-order valence-corrected chi connectivity index (χ0v) is 15.6. The van der Waals surface area contributed by atoms with E-state index in [4.69, 9.17) is 11.2 Å². The van der Waals surface area contributed by atoms with Crippen LogP contribution in [0.2, 0.25) is 0 Å². The molecule has 4 rings (SSSR count). The van der Waals surface area contributed by atoms with Gasteiger partial charge in [0.05, 0.1) is 6.20 Å². The number of aliphatic hydroxyl groups excluding tert-OH is 1. The lowest BCUT2D eigenvalue weighted by Gasteiger charge is -2.44. The molecule has 1 aromatic rings. The van der Waals surface area contributed by atoms with Crippen LogP contribution < -0.4 is 4.74 Å². The zero-order valence-electron chi connectivity index (χ0n) is 15.6. The minimum absolute atomic E-state index is 0.126. The Balaban J connectivity index is 1.30. The molecule has 0 saturated carbocycles. The second-order valence-electron chi connectivity index (χ2n) is 7.82. The number of piperidine rings is 1. The van der Waals surface area contributed by atoms with Gasteiger partial charge in [0, 0.05) is 65.1 Å². The molecular weight excluding hydrogens is 346 g/mol. The first-order valence-electron chi connectivity index (χ1n) is 9.50. The highest BCUT2D eigenvalue weighted by Crippen LogP contribution is 2.44. The molecule has 1 aromatic heterocycles. The average molecular weight is 371 g/mol. The van der Waals surface area contributed by atoms with Gasteiger partial charge >= 0.3 is 0 Å². The number of hydrogen-bond donors (Lipinski definition) is 1. The summed E-state index contributed by atoms with van der Waals surface area (Å²) in [5.41, 5.74) is -0.218. The van der Waals surface area contributed by atoms with Crippen molar-refractivity contribution in [2.75, 3.05) is 13.1 Å². The first kappa shape index (κ1) is 18.0. The number of carbonyl (C=O) groups is 1. The topological polar surface area (TPSA) is 92.3 Å². The van der Waals surface area contributed by atoms with Crippen LogP contribution in [0.5, 0.6) is 5.75 Å². The van der Waals surface area contributed by atoms with Crippen LogP contribution in [0.15, 0.2) is 16.4 Å². The first-order chi connectivity index (χ1) is 12.9. The fourth-order valence-corrected chi connectivity index (χ4v) is 4.12. The number of aromatic nitrogens is 2. The number of aryl methyl sites for hydroxylation is 1. The van der Waals surface area contributed by atoms with E-state index in [2.05, 4.69) is 21.2 Å². The average Bonchev–Trinajstić information content (AvgIpc) is 3.32. The van der Waals surface area contributed by atoms with Crippen LogP contribution in [0.25, 0.3) is 0 Å². The number of hydrogen-bond acceptors (Lipinski definition) is 6. The molecule has 3 aliphatic heterocycles. The highest BCUT2D eigenvalue weighted by atomic mass is 16.5. The van der Waals surface area contributed by atoms with Gasteiger partial charge < -0.3 is 14.7 Å². The summed E-state index contributed by atoms with van der Waals surface area (Å²) in [6, 6.07) is 0. The summed E-state index contributed by atoms with van der Waals surface area (Å²) in [4.78, 5) is 14.5. The van der Waals surface area contributed by atoms with Crippen LogP contribution in [0.1, 0.15) is 56.7 Å². The van der Waals surface area contributed by atoms with Crippen LogP contribution in [0, 0.1) is 12.3 Å². The largest absolute Gasteiger partial charge is 0.483 e. The summed E-state index contributed by atoms with van der Waals surface area (Å²) in [6.07, 6.45) is 10.8. The molecule has 1 saturated heterocycles. The van der Waals surface area contributed by atoms with Gasteiger partial charge in [0.2, 0.25) is 5.91 Å². The summed E-state index contributed by atoms with van der Waals surface area (Å²) in [6.45, 7) is 1.26. The highest BCUT2D eigenvalue weighted by Gasteiger charge is 2.45. The fourth-order valence-electron chi connectivity index (χ4n) is 4.12. The predicted molar refractivity (Wildman–Crippen MR) is 96.8 cm³/mol. The Bertz CT molecular complexity index is 795. The minimum Gasteiger partial charge on any atom is -0.483 e. The van der Waals surface area contributed by atoms with Gasteiger partial charge in [0.25, 0.3) is 0 Å². The van der Waals surface area contributed by atoms with Crippen molar-refractivity contribution in [1.29, 1.82) is 0 Å². The molecule has 0 aliphatic carbocycles. The molecular formula is C19H25N5O3. The van der Waals surface area contributed by atoms with Gasteiger partial charge in [-0.3, -0.25) is 9.48 Å². The Hall–Kier alpha value is -2.40. The molecule has 144 valence electrons. The van der Waals surface area contributed by atoms with Crippen LogP contribution in [-0.2, 0) is 11.8 Å². The van der Waals surface area contributed by atoms with E-state index >= 15 is 0 Å². The number of terminal acetylenes is 1. The van der Waals surface area contributed by atoms with Gasteiger partial charge in [-0.2, -0.15) is 15.3 Å². The molecule has 3 aliphatic rings. The molecule has 1 fully saturated rings. The van der Waals surface area contributed by atoms with Crippen molar-refractivity contribution in [1.82, 2.24) is 14.7 Å². The smallest absolute Gasteiger partial charge is 0.222 e. The third-order valence-electron chi connectivity index (χ3n) is 5.85. The van der Waals surface area contributed by atoms with Crippen molar-refractivity contribution >= 4 is 5.91 Å². The molecule has 4 heterocycles. The number of fused-ring (bicyclic) bond motifs is 1. The molecule has 1 N–H and O–H groups in total. The molecule has 8 nitrogen and oxygen atoms in total. The molecule has 0 radical (unpaired) electrons. The summed E-state index contributed by atoms with van der Waals surface area (Å²) in [5.74, 6) is 3.39. The number of ether oxygens (including phenoxy) is 1. The molecule has 1 unspecified atom stereocenters. The number of likely N-dealkylation sites (tertiary alicyclic amines) is 1. The van der Waals surface area contributed by atoms with E-state index in [-0.39, 0.29) is 5.91 Å². The molecule has 0 bridgehead atoms. The van der Waals surface area contributed by atoms with E-state index in [1.54, 1.807) is 10.9 Å². The SMILES string of the molecule is C#CCCC1(CCC(=O)N2CCC3(CC2)CC(O)c2nn(C)cc2O3)N=N1. The van der Waals surface area contributed by atoms with Gasteiger partial charge in [0.1, 0.15) is 17.4 Å². The quantitative estimate of drug-likeness (QED) is 0.801. The van der Waals surface area contributed by atoms with E-state index in [1.807, 2.05) is 11.9 Å². The third-order valence-corrected chi connectivity index (χ3v) is 5.85. The maximum absolute atomic E-state index is 12.6. The van der Waals surface area contributed by atoms with Crippen molar-refractivity contribution in [3.8, 4) is 18.1 Å². The summed E-state index contributed by atoms with van der Waals surface area (Å²) in [5, 5.41) is 22.9. The second-order valence-corrected chi connectivity index (χ2v) is 7.82. The summed E-state index contributed by atoms with van der Waals surface area (Å²) < 4.78 is 7.88. The molecule has 27 heavy (non-hydrogen) atoms. The number of amides is 1. The van der Waals surface area contributed by atoms with Crippen LogP contribution >= 0.6 is 0 Å². The standard InChI is InChI=1S/C19H25N5O3/c1-3-4-6-19(21-22-19)7-5-16(26)24-10-8-18(9-11-24)12-14(25)17-15(27-18)13-23(2)20-17/h1,13-14,25H,4-12H2,2H3. The fraction of sp³-hybridized carbons (Fsp3) is 0.684. The Labute approximate surface area is 158 Å². The molecule has 0 aromatic carbocycles. The Morgan fingerprint density at radius 3 is 2.81 bits per heavy atom. The normalized spacial score (nSPS) is 24.2. The number of carbonyl (C=O) groups excluding carboxylic acids is 1. The van der Waals surface area contributed by atoms with Gasteiger partial charge in [-0.1, -0.05) is 0 Å². The predicted octanol–water partition coefficient (Wildman–Crippen LogP) is 1.95. The van der Waals surface area contributed by atoms with Crippen LogP contribution in [-0.4, -0.2) is 50.0 Å². The van der Waals surface area contributed by atoms with E-state index < -0.39 is 17.4 Å². The first-order valence-corrected chi connectivity index (χ1v) is 9.50. The molecule has 1 atom stereocenters. The Morgan fingerprint density at radius 1 is 1.41 bits per heavy atom. The summed E-state index contributed by atoms with van der Waals surface area (Å²) >= 11 is 0. The van der Waals surface area contributed by atoms with Gasteiger partial charge in [-0.25, -0.2) is 0 Å². The number of nitrogens with zero attached hydrogens (tertiary/aromatic N) is 5. The van der Waals surface area contributed by atoms with Crippen LogP contribution in [0.4, 0.5) is 0 Å². The molecule has 1 amide bonds. The molecule has 8 heteroatoms. The van der Waals surface area contributed by atoms with Gasteiger partial charge in [-0.05, 0) is 0 Å². The highest BCUT2D eigenvalue weighted by molar-refractivity contribution is 5.76. The van der Waals surface area contributed by atoms with Crippen molar-refractivity contribution in [3.63, 3.8) is 0 Å². The zero-order chi connectivity index (χ0) is 19.1. The van der Waals surface area contributed by atoms with Crippen molar-refractivity contribution in [2.24, 2.45) is 17.3 Å². The minimum atomic E-state index is -0.619. The van der Waals surface area contributed by atoms with Crippen LogP contribution in [0.3, 0.4) is 0 Å². The molecule has 1 spiro atoms.